The molecule has 1 aromatic carbocycles. The highest BCUT2D eigenvalue weighted by Crippen LogP contribution is 2.35. The number of fused-ring (bicyclic) bond motifs is 1. The van der Waals surface area contributed by atoms with Crippen LogP contribution in [0.15, 0.2) is 48.9 Å². The lowest BCUT2D eigenvalue weighted by Gasteiger charge is -2.32. The molecule has 0 radical (unpaired) electrons. The largest absolute Gasteiger partial charge is 0.486 e. The molecule has 7 heteroatoms. The standard InChI is InChI=1S/C22H22N4O3/c27-22(17-1-2-19-20(13-17)29-12-11-28-19)26-9-5-16(6-10-26)21-18(14-24-25-21)15-3-7-23-8-4-15/h1-4,7-8,13-14,16H,5-6,9-12H2,(H,24,25). The van der Waals surface area contributed by atoms with Crippen molar-refractivity contribution in [1.82, 2.24) is 20.1 Å². The third-order valence-corrected chi connectivity index (χ3v) is 5.64. The molecule has 3 aromatic rings. The minimum atomic E-state index is 0.0411. The van der Waals surface area contributed by atoms with E-state index in [0.29, 0.717) is 49.3 Å². The molecule has 5 rings (SSSR count). The summed E-state index contributed by atoms with van der Waals surface area (Å²) in [5.41, 5.74) is 4.01. The highest BCUT2D eigenvalue weighted by atomic mass is 16.6. The second-order valence-corrected chi connectivity index (χ2v) is 7.36. The number of piperidine rings is 1. The number of nitrogens with one attached hydrogen (secondary N) is 1. The number of carbonyl (C=O) groups excluding carboxylic acids is 1. The zero-order valence-corrected chi connectivity index (χ0v) is 16.0. The van der Waals surface area contributed by atoms with Gasteiger partial charge in [0.2, 0.25) is 0 Å². The average molecular weight is 390 g/mol. The van der Waals surface area contributed by atoms with E-state index < -0.39 is 0 Å². The van der Waals surface area contributed by atoms with E-state index in [9.17, 15) is 4.79 Å². The number of hydrogen-bond donors (Lipinski definition) is 1. The smallest absolute Gasteiger partial charge is 0.253 e. The number of nitrogens with zero attached hydrogens (tertiary/aromatic N) is 3. The van der Waals surface area contributed by atoms with Gasteiger partial charge in [0.05, 0.1) is 6.20 Å². The van der Waals surface area contributed by atoms with Crippen LogP contribution < -0.4 is 9.47 Å². The number of amides is 1. The molecule has 1 fully saturated rings. The molecule has 1 amide bonds. The van der Waals surface area contributed by atoms with Crippen LogP contribution in [0.1, 0.15) is 34.8 Å². The molecule has 0 atom stereocenters. The lowest BCUT2D eigenvalue weighted by atomic mass is 9.89. The molecular weight excluding hydrogens is 368 g/mol. The molecule has 0 bridgehead atoms. The van der Waals surface area contributed by atoms with Crippen LogP contribution in [-0.4, -0.2) is 52.3 Å². The van der Waals surface area contributed by atoms with Crippen molar-refractivity contribution in [2.45, 2.75) is 18.8 Å². The maximum absolute atomic E-state index is 13.0. The van der Waals surface area contributed by atoms with Crippen LogP contribution >= 0.6 is 0 Å². The van der Waals surface area contributed by atoms with Crippen molar-refractivity contribution in [2.24, 2.45) is 0 Å². The topological polar surface area (TPSA) is 80.3 Å². The monoisotopic (exact) mass is 390 g/mol. The predicted octanol–water partition coefficient (Wildman–Crippen LogP) is 3.26. The molecule has 7 nitrogen and oxygen atoms in total. The van der Waals surface area contributed by atoms with Gasteiger partial charge in [0.25, 0.3) is 5.91 Å². The van der Waals surface area contributed by atoms with Crippen LogP contribution in [0.3, 0.4) is 0 Å². The van der Waals surface area contributed by atoms with E-state index in [1.807, 2.05) is 35.4 Å². The molecule has 2 aliphatic rings. The van der Waals surface area contributed by atoms with Gasteiger partial charge in [0.1, 0.15) is 13.2 Å². The van der Waals surface area contributed by atoms with E-state index in [-0.39, 0.29) is 5.91 Å². The predicted molar refractivity (Wildman–Crippen MR) is 107 cm³/mol. The Hall–Kier alpha value is -3.35. The fraction of sp³-hybridized carbons (Fsp3) is 0.318. The number of rotatable bonds is 3. The van der Waals surface area contributed by atoms with Crippen LogP contribution in [0.2, 0.25) is 0 Å². The normalized spacial score (nSPS) is 16.6. The van der Waals surface area contributed by atoms with Crippen molar-refractivity contribution in [3.05, 3.63) is 60.2 Å². The summed E-state index contributed by atoms with van der Waals surface area (Å²) < 4.78 is 11.2. The molecule has 29 heavy (non-hydrogen) atoms. The fourth-order valence-corrected chi connectivity index (χ4v) is 4.10. The van der Waals surface area contributed by atoms with Gasteiger partial charge in [-0.25, -0.2) is 0 Å². The Morgan fingerprint density at radius 2 is 1.79 bits per heavy atom. The number of ether oxygens (including phenoxy) is 2. The SMILES string of the molecule is O=C(c1ccc2c(c1)OCCO2)N1CCC(c2[nH]ncc2-c2ccncc2)CC1. The Balaban J connectivity index is 1.28. The van der Waals surface area contributed by atoms with Crippen molar-refractivity contribution in [2.75, 3.05) is 26.3 Å². The van der Waals surface area contributed by atoms with Gasteiger partial charge in [-0.2, -0.15) is 5.10 Å². The number of aromatic amines is 1. The van der Waals surface area contributed by atoms with Gasteiger partial charge < -0.3 is 14.4 Å². The van der Waals surface area contributed by atoms with E-state index in [4.69, 9.17) is 9.47 Å². The van der Waals surface area contributed by atoms with Crippen LogP contribution in [0.5, 0.6) is 11.5 Å². The number of carbonyl (C=O) groups is 1. The van der Waals surface area contributed by atoms with Crippen LogP contribution in [0.25, 0.3) is 11.1 Å². The Bertz CT molecular complexity index is 1010. The van der Waals surface area contributed by atoms with E-state index in [0.717, 1.165) is 29.7 Å². The van der Waals surface area contributed by atoms with Gasteiger partial charge in [0.15, 0.2) is 11.5 Å². The fourth-order valence-electron chi connectivity index (χ4n) is 4.10. The van der Waals surface area contributed by atoms with Crippen molar-refractivity contribution in [3.63, 3.8) is 0 Å². The Morgan fingerprint density at radius 1 is 1.03 bits per heavy atom. The zero-order valence-electron chi connectivity index (χ0n) is 16.0. The highest BCUT2D eigenvalue weighted by molar-refractivity contribution is 5.95. The summed E-state index contributed by atoms with van der Waals surface area (Å²) in [6, 6.07) is 9.42. The van der Waals surface area contributed by atoms with E-state index >= 15 is 0 Å². The Labute approximate surface area is 168 Å². The summed E-state index contributed by atoms with van der Waals surface area (Å²) >= 11 is 0. The second kappa shape index (κ2) is 7.58. The Kier molecular flexibility index (Phi) is 4.63. The molecular formula is C22H22N4O3. The van der Waals surface area contributed by atoms with Crippen LogP contribution in [-0.2, 0) is 0 Å². The van der Waals surface area contributed by atoms with Gasteiger partial charge in [-0.15, -0.1) is 0 Å². The lowest BCUT2D eigenvalue weighted by molar-refractivity contribution is 0.0711. The molecule has 4 heterocycles. The highest BCUT2D eigenvalue weighted by Gasteiger charge is 2.28. The number of aromatic nitrogens is 3. The van der Waals surface area contributed by atoms with Gasteiger partial charge in [0, 0.05) is 48.2 Å². The summed E-state index contributed by atoms with van der Waals surface area (Å²) in [5, 5.41) is 7.44. The first-order valence-corrected chi connectivity index (χ1v) is 9.92. The Morgan fingerprint density at radius 3 is 2.59 bits per heavy atom. The summed E-state index contributed by atoms with van der Waals surface area (Å²) in [6.07, 6.45) is 7.26. The zero-order chi connectivity index (χ0) is 19.6. The van der Waals surface area contributed by atoms with E-state index in [2.05, 4.69) is 15.2 Å². The molecule has 1 saturated heterocycles. The van der Waals surface area contributed by atoms with Gasteiger partial charge >= 0.3 is 0 Å². The maximum atomic E-state index is 13.0. The quantitative estimate of drug-likeness (QED) is 0.742. The summed E-state index contributed by atoms with van der Waals surface area (Å²) in [7, 11) is 0. The molecule has 2 aliphatic heterocycles. The van der Waals surface area contributed by atoms with Crippen molar-refractivity contribution < 1.29 is 14.3 Å². The van der Waals surface area contributed by atoms with Gasteiger partial charge in [-0.1, -0.05) is 0 Å². The lowest BCUT2D eigenvalue weighted by Crippen LogP contribution is -2.38. The third kappa shape index (κ3) is 3.44. The van der Waals surface area contributed by atoms with Crippen LogP contribution in [0, 0.1) is 0 Å². The van der Waals surface area contributed by atoms with E-state index in [1.165, 1.54) is 0 Å². The number of pyridine rings is 1. The first kappa shape index (κ1) is 17.7. The molecule has 1 N–H and O–H groups in total. The minimum absolute atomic E-state index is 0.0411. The number of benzene rings is 1. The van der Waals surface area contributed by atoms with Crippen LogP contribution in [0.4, 0.5) is 0 Å². The average Bonchev–Trinajstić information content (AvgIpc) is 3.29. The molecule has 0 aliphatic carbocycles. The third-order valence-electron chi connectivity index (χ3n) is 5.64. The maximum Gasteiger partial charge on any atom is 0.253 e. The summed E-state index contributed by atoms with van der Waals surface area (Å²) in [4.78, 5) is 19.0. The van der Waals surface area contributed by atoms with Gasteiger partial charge in [-0.3, -0.25) is 14.9 Å². The number of H-pyrrole nitrogens is 1. The van der Waals surface area contributed by atoms with Crippen molar-refractivity contribution in [3.8, 4) is 22.6 Å². The molecule has 0 unspecified atom stereocenters. The molecule has 0 spiro atoms. The first-order chi connectivity index (χ1) is 14.3. The number of likely N-dealkylation sites (tertiary alicyclic amines) is 1. The second-order valence-electron chi connectivity index (χ2n) is 7.36. The molecule has 2 aromatic heterocycles. The summed E-state index contributed by atoms with van der Waals surface area (Å²) in [5.74, 6) is 1.75. The van der Waals surface area contributed by atoms with Crippen molar-refractivity contribution >= 4 is 5.91 Å². The van der Waals surface area contributed by atoms with E-state index in [1.54, 1.807) is 18.5 Å². The van der Waals surface area contributed by atoms with Crippen molar-refractivity contribution in [1.29, 1.82) is 0 Å². The summed E-state index contributed by atoms with van der Waals surface area (Å²) in [6.45, 7) is 2.49. The molecule has 148 valence electrons. The first-order valence-electron chi connectivity index (χ1n) is 9.92. The number of hydrogen-bond acceptors (Lipinski definition) is 5. The molecule has 0 saturated carbocycles. The minimum Gasteiger partial charge on any atom is -0.486 e. The van der Waals surface area contributed by atoms with Gasteiger partial charge in [-0.05, 0) is 48.7 Å².